The van der Waals surface area contributed by atoms with E-state index in [1.54, 1.807) is 18.2 Å². The normalized spacial score (nSPS) is 16.3. The van der Waals surface area contributed by atoms with Crippen LogP contribution in [0.2, 0.25) is 0 Å². The maximum absolute atomic E-state index is 12.7. The third-order valence-corrected chi connectivity index (χ3v) is 6.56. The number of hydrogen-bond acceptors (Lipinski definition) is 3. The van der Waals surface area contributed by atoms with E-state index in [4.69, 9.17) is 12.2 Å². The molecule has 0 aromatic heterocycles. The van der Waals surface area contributed by atoms with Gasteiger partial charge in [-0.15, -0.1) is 0 Å². The highest BCUT2D eigenvalue weighted by molar-refractivity contribution is 9.10. The zero-order valence-corrected chi connectivity index (χ0v) is 16.4. The summed E-state index contributed by atoms with van der Waals surface area (Å²) >= 11 is 8.69. The first kappa shape index (κ1) is 18.6. The number of rotatable bonds is 5. The second-order valence-corrected chi connectivity index (χ2v) is 8.67. The Kier molecular flexibility index (Phi) is 6.82. The molecule has 2 rings (SSSR count). The van der Waals surface area contributed by atoms with E-state index in [1.807, 2.05) is 11.0 Å². The summed E-state index contributed by atoms with van der Waals surface area (Å²) in [6.45, 7) is 5.13. The van der Waals surface area contributed by atoms with Crippen LogP contribution >= 0.6 is 28.1 Å². The summed E-state index contributed by atoms with van der Waals surface area (Å²) in [5.41, 5.74) is 0. The van der Waals surface area contributed by atoms with Crippen molar-refractivity contribution in [2.45, 2.75) is 24.7 Å². The maximum Gasteiger partial charge on any atom is 0.243 e. The van der Waals surface area contributed by atoms with E-state index in [0.717, 1.165) is 29.0 Å². The van der Waals surface area contributed by atoms with Crippen molar-refractivity contribution in [1.82, 2.24) is 14.5 Å². The second-order valence-electron chi connectivity index (χ2n) is 5.43. The molecule has 1 fully saturated rings. The molecule has 0 saturated carbocycles. The molecule has 0 bridgehead atoms. The maximum atomic E-state index is 12.7. The number of thiocarbonyl (C=S) groups is 1. The standard InChI is InChI=1S/C15H22BrN3O2S2/c1-2-3-7-17-15(22)18-8-10-19(11-9-18)23(20,21)14-6-4-5-13(16)12-14/h4-6,12H,2-3,7-11H2,1H3,(H,17,22). The smallest absolute Gasteiger partial charge is 0.243 e. The fourth-order valence-electron chi connectivity index (χ4n) is 2.39. The highest BCUT2D eigenvalue weighted by atomic mass is 79.9. The number of sulfonamides is 1. The average molecular weight is 420 g/mol. The van der Waals surface area contributed by atoms with Crippen LogP contribution in [0.15, 0.2) is 33.6 Å². The minimum absolute atomic E-state index is 0.323. The molecule has 5 nitrogen and oxygen atoms in total. The summed E-state index contributed by atoms with van der Waals surface area (Å²) in [4.78, 5) is 2.36. The van der Waals surface area contributed by atoms with Gasteiger partial charge in [-0.1, -0.05) is 35.3 Å². The van der Waals surface area contributed by atoms with E-state index in [2.05, 4.69) is 28.2 Å². The Morgan fingerprint density at radius 2 is 2.00 bits per heavy atom. The van der Waals surface area contributed by atoms with Crippen molar-refractivity contribution in [1.29, 1.82) is 0 Å². The number of hydrogen-bond donors (Lipinski definition) is 1. The summed E-state index contributed by atoms with van der Waals surface area (Å²) in [5.74, 6) is 0. The molecular formula is C15H22BrN3O2S2. The molecule has 1 aromatic carbocycles. The molecule has 8 heteroatoms. The lowest BCUT2D eigenvalue weighted by atomic mass is 10.3. The number of unbranched alkanes of at least 4 members (excludes halogenated alkanes) is 1. The zero-order valence-electron chi connectivity index (χ0n) is 13.2. The van der Waals surface area contributed by atoms with Gasteiger partial charge in [0.2, 0.25) is 10.0 Å². The largest absolute Gasteiger partial charge is 0.363 e. The topological polar surface area (TPSA) is 52.6 Å². The predicted molar refractivity (Wildman–Crippen MR) is 100.0 cm³/mol. The van der Waals surface area contributed by atoms with Crippen molar-refractivity contribution in [2.75, 3.05) is 32.7 Å². The van der Waals surface area contributed by atoms with Crippen LogP contribution in [0.3, 0.4) is 0 Å². The van der Waals surface area contributed by atoms with Crippen molar-refractivity contribution in [3.63, 3.8) is 0 Å². The average Bonchev–Trinajstić information content (AvgIpc) is 2.55. The Labute approximate surface area is 152 Å². The van der Waals surface area contributed by atoms with Crippen LogP contribution in [0.1, 0.15) is 19.8 Å². The molecule has 0 radical (unpaired) electrons. The van der Waals surface area contributed by atoms with Gasteiger partial charge in [0, 0.05) is 37.2 Å². The van der Waals surface area contributed by atoms with E-state index >= 15 is 0 Å². The van der Waals surface area contributed by atoms with Gasteiger partial charge in [0.15, 0.2) is 5.11 Å². The van der Waals surface area contributed by atoms with E-state index in [0.29, 0.717) is 31.1 Å². The summed E-state index contributed by atoms with van der Waals surface area (Å²) in [6.07, 6.45) is 2.20. The Morgan fingerprint density at radius 3 is 2.61 bits per heavy atom. The Hall–Kier alpha value is -0.700. The monoisotopic (exact) mass is 419 g/mol. The molecule has 1 heterocycles. The van der Waals surface area contributed by atoms with Gasteiger partial charge >= 0.3 is 0 Å². The fourth-order valence-corrected chi connectivity index (χ4v) is 4.70. The van der Waals surface area contributed by atoms with Gasteiger partial charge in [-0.05, 0) is 36.8 Å². The predicted octanol–water partition coefficient (Wildman–Crippen LogP) is 2.43. The van der Waals surface area contributed by atoms with Crippen molar-refractivity contribution in [3.05, 3.63) is 28.7 Å². The number of nitrogens with one attached hydrogen (secondary N) is 1. The Balaban J connectivity index is 1.94. The van der Waals surface area contributed by atoms with Gasteiger partial charge in [0.25, 0.3) is 0 Å². The van der Waals surface area contributed by atoms with Crippen LogP contribution < -0.4 is 5.32 Å². The van der Waals surface area contributed by atoms with Gasteiger partial charge in [0.1, 0.15) is 0 Å². The minimum Gasteiger partial charge on any atom is -0.363 e. The molecule has 0 amide bonds. The SMILES string of the molecule is CCCCNC(=S)N1CCN(S(=O)(=O)c2cccc(Br)c2)CC1. The number of benzene rings is 1. The highest BCUT2D eigenvalue weighted by Crippen LogP contribution is 2.21. The van der Waals surface area contributed by atoms with Crippen molar-refractivity contribution < 1.29 is 8.42 Å². The second kappa shape index (κ2) is 8.41. The lowest BCUT2D eigenvalue weighted by Gasteiger charge is -2.35. The molecule has 0 atom stereocenters. The third-order valence-electron chi connectivity index (χ3n) is 3.77. The van der Waals surface area contributed by atoms with Gasteiger partial charge in [-0.2, -0.15) is 4.31 Å². The van der Waals surface area contributed by atoms with Gasteiger partial charge in [0.05, 0.1) is 4.90 Å². The molecule has 0 unspecified atom stereocenters. The highest BCUT2D eigenvalue weighted by Gasteiger charge is 2.29. The first-order chi connectivity index (χ1) is 10.9. The van der Waals surface area contributed by atoms with Crippen LogP contribution in [-0.2, 0) is 10.0 Å². The zero-order chi connectivity index (χ0) is 16.9. The van der Waals surface area contributed by atoms with Crippen LogP contribution in [0.5, 0.6) is 0 Å². The first-order valence-electron chi connectivity index (χ1n) is 7.73. The quantitative estimate of drug-likeness (QED) is 0.586. The molecule has 1 aliphatic heterocycles. The minimum atomic E-state index is -3.44. The molecule has 23 heavy (non-hydrogen) atoms. The molecular weight excluding hydrogens is 398 g/mol. The van der Waals surface area contributed by atoms with Gasteiger partial charge in [-0.3, -0.25) is 0 Å². The molecule has 128 valence electrons. The molecule has 1 aliphatic rings. The fraction of sp³-hybridized carbons (Fsp3) is 0.533. The third kappa shape index (κ3) is 4.89. The Bertz CT molecular complexity index is 644. The van der Waals surface area contributed by atoms with Crippen LogP contribution in [-0.4, -0.2) is 55.5 Å². The summed E-state index contributed by atoms with van der Waals surface area (Å²) in [6, 6.07) is 6.82. The van der Waals surface area contributed by atoms with Gasteiger partial charge < -0.3 is 10.2 Å². The van der Waals surface area contributed by atoms with Crippen LogP contribution in [0.25, 0.3) is 0 Å². The van der Waals surface area contributed by atoms with E-state index in [-0.39, 0.29) is 0 Å². The number of piperazine rings is 1. The van der Waals surface area contributed by atoms with E-state index in [9.17, 15) is 8.42 Å². The number of halogens is 1. The van der Waals surface area contributed by atoms with E-state index in [1.165, 1.54) is 4.31 Å². The number of nitrogens with zero attached hydrogens (tertiary/aromatic N) is 2. The van der Waals surface area contributed by atoms with Crippen LogP contribution in [0.4, 0.5) is 0 Å². The molecule has 1 aromatic rings. The first-order valence-corrected chi connectivity index (χ1v) is 10.4. The molecule has 1 N–H and O–H groups in total. The molecule has 1 saturated heterocycles. The van der Waals surface area contributed by atoms with Gasteiger partial charge in [-0.25, -0.2) is 8.42 Å². The van der Waals surface area contributed by atoms with Crippen molar-refractivity contribution >= 4 is 43.3 Å². The molecule has 0 spiro atoms. The lowest BCUT2D eigenvalue weighted by Crippen LogP contribution is -2.53. The van der Waals surface area contributed by atoms with Crippen LogP contribution in [0, 0.1) is 0 Å². The summed E-state index contributed by atoms with van der Waals surface area (Å²) in [7, 11) is -3.44. The lowest BCUT2D eigenvalue weighted by molar-refractivity contribution is 0.264. The summed E-state index contributed by atoms with van der Waals surface area (Å²) < 4.78 is 27.6. The summed E-state index contributed by atoms with van der Waals surface area (Å²) in [5, 5.41) is 3.95. The van der Waals surface area contributed by atoms with E-state index < -0.39 is 10.0 Å². The Morgan fingerprint density at radius 1 is 1.30 bits per heavy atom. The van der Waals surface area contributed by atoms with Crippen molar-refractivity contribution in [3.8, 4) is 0 Å². The molecule has 0 aliphatic carbocycles. The van der Waals surface area contributed by atoms with Crippen molar-refractivity contribution in [2.24, 2.45) is 0 Å².